The lowest BCUT2D eigenvalue weighted by Gasteiger charge is -2.13. The van der Waals surface area contributed by atoms with Crippen molar-refractivity contribution in [3.63, 3.8) is 0 Å². The van der Waals surface area contributed by atoms with Crippen LogP contribution in [0, 0.1) is 42.9 Å². The normalized spacial score (nSPS) is 10.9. The minimum atomic E-state index is -1.34. The molecule has 2 aromatic rings. The second-order valence-electron chi connectivity index (χ2n) is 4.67. The summed E-state index contributed by atoms with van der Waals surface area (Å²) in [5, 5.41) is 0. The van der Waals surface area contributed by atoms with E-state index >= 15 is 0 Å². The topological polar surface area (TPSA) is 0 Å². The highest BCUT2D eigenvalue weighted by Crippen LogP contribution is 2.33. The van der Waals surface area contributed by atoms with E-state index in [4.69, 9.17) is 0 Å². The molecule has 0 aliphatic heterocycles. The molecule has 0 amide bonds. The van der Waals surface area contributed by atoms with E-state index in [-0.39, 0.29) is 11.0 Å². The molecular formula is C14H10BF5. The molecule has 0 saturated carbocycles. The summed E-state index contributed by atoms with van der Waals surface area (Å²) < 4.78 is 69.1. The van der Waals surface area contributed by atoms with Crippen LogP contribution in [0.25, 0.3) is 11.1 Å². The molecule has 0 aliphatic carbocycles. The Balaban J connectivity index is 2.93. The van der Waals surface area contributed by atoms with Gasteiger partial charge in [-0.1, -0.05) is 11.5 Å². The standard InChI is InChI=1S/C14H10BF5/c1-5-3-7(15)14(20)11(12(5)18)10-9(17)4-8(16)6(2)13(10)19/h3-4H,15H2,1-2H3. The van der Waals surface area contributed by atoms with E-state index in [0.29, 0.717) is 6.07 Å². The minimum Gasteiger partial charge on any atom is -0.207 e. The molecule has 6 heteroatoms. The molecule has 0 aliphatic rings. The van der Waals surface area contributed by atoms with Crippen LogP contribution in [0.15, 0.2) is 12.1 Å². The Bertz CT molecular complexity index is 683. The van der Waals surface area contributed by atoms with E-state index in [1.807, 2.05) is 0 Å². The van der Waals surface area contributed by atoms with Gasteiger partial charge in [-0.25, -0.2) is 22.0 Å². The van der Waals surface area contributed by atoms with E-state index in [2.05, 4.69) is 0 Å². The predicted octanol–water partition coefficient (Wildman–Crippen LogP) is 2.92. The quantitative estimate of drug-likeness (QED) is 0.558. The molecule has 0 aromatic heterocycles. The first-order valence-corrected chi connectivity index (χ1v) is 5.85. The lowest BCUT2D eigenvalue weighted by molar-refractivity contribution is 0.529. The molecule has 0 saturated heterocycles. The van der Waals surface area contributed by atoms with Gasteiger partial charge >= 0.3 is 0 Å². The summed E-state index contributed by atoms with van der Waals surface area (Å²) >= 11 is 0. The first-order valence-electron chi connectivity index (χ1n) is 5.85. The summed E-state index contributed by atoms with van der Waals surface area (Å²) in [5.41, 5.74) is -2.06. The summed E-state index contributed by atoms with van der Waals surface area (Å²) in [6.45, 7) is 2.43. The summed E-state index contributed by atoms with van der Waals surface area (Å²) in [7, 11) is 1.36. The summed E-state index contributed by atoms with van der Waals surface area (Å²) in [5.74, 6) is -5.86. The van der Waals surface area contributed by atoms with Crippen molar-refractivity contribution in [2.24, 2.45) is 0 Å². The van der Waals surface area contributed by atoms with Crippen molar-refractivity contribution in [1.82, 2.24) is 0 Å². The summed E-state index contributed by atoms with van der Waals surface area (Å²) in [6.07, 6.45) is 0. The summed E-state index contributed by atoms with van der Waals surface area (Å²) in [4.78, 5) is 0. The maximum absolute atomic E-state index is 14.1. The van der Waals surface area contributed by atoms with Gasteiger partial charge in [0.1, 0.15) is 36.9 Å². The van der Waals surface area contributed by atoms with Crippen LogP contribution in [0.4, 0.5) is 22.0 Å². The van der Waals surface area contributed by atoms with Crippen LogP contribution in [-0.4, -0.2) is 7.85 Å². The number of rotatable bonds is 1. The lowest BCUT2D eigenvalue weighted by Crippen LogP contribution is -2.14. The van der Waals surface area contributed by atoms with Crippen LogP contribution in [0.5, 0.6) is 0 Å². The van der Waals surface area contributed by atoms with Crippen molar-refractivity contribution in [3.8, 4) is 11.1 Å². The number of aryl methyl sites for hydroxylation is 1. The Morgan fingerprint density at radius 2 is 1.35 bits per heavy atom. The predicted molar refractivity (Wildman–Crippen MR) is 69.3 cm³/mol. The Hall–Kier alpha value is -1.85. The fourth-order valence-electron chi connectivity index (χ4n) is 2.08. The molecule has 0 atom stereocenters. The monoisotopic (exact) mass is 284 g/mol. The molecule has 0 spiro atoms. The number of halogens is 5. The molecule has 0 unspecified atom stereocenters. The van der Waals surface area contributed by atoms with E-state index in [0.717, 1.165) is 6.92 Å². The zero-order valence-corrected chi connectivity index (χ0v) is 11.0. The third kappa shape index (κ3) is 2.09. The molecule has 20 heavy (non-hydrogen) atoms. The molecule has 0 nitrogen and oxygen atoms in total. The lowest BCUT2D eigenvalue weighted by atomic mass is 9.88. The zero-order valence-electron chi connectivity index (χ0n) is 11.0. The van der Waals surface area contributed by atoms with Crippen molar-refractivity contribution in [3.05, 3.63) is 52.3 Å². The van der Waals surface area contributed by atoms with Crippen molar-refractivity contribution in [2.45, 2.75) is 13.8 Å². The average molecular weight is 284 g/mol. The zero-order chi connectivity index (χ0) is 15.2. The van der Waals surface area contributed by atoms with Crippen molar-refractivity contribution >= 4 is 13.3 Å². The molecule has 2 aromatic carbocycles. The molecule has 104 valence electrons. The maximum atomic E-state index is 14.1. The fourth-order valence-corrected chi connectivity index (χ4v) is 2.08. The highest BCUT2D eigenvalue weighted by molar-refractivity contribution is 6.33. The van der Waals surface area contributed by atoms with Crippen LogP contribution < -0.4 is 5.46 Å². The van der Waals surface area contributed by atoms with Crippen LogP contribution in [-0.2, 0) is 0 Å². The smallest absolute Gasteiger partial charge is 0.143 e. The SMILES string of the molecule is Bc1cc(C)c(F)c(-c2c(F)cc(F)c(C)c2F)c1F. The van der Waals surface area contributed by atoms with Crippen LogP contribution in [0.2, 0.25) is 0 Å². The van der Waals surface area contributed by atoms with Gasteiger partial charge in [0.05, 0.1) is 11.1 Å². The summed E-state index contributed by atoms with van der Waals surface area (Å²) in [6, 6.07) is 1.66. The third-order valence-corrected chi connectivity index (χ3v) is 3.21. The highest BCUT2D eigenvalue weighted by atomic mass is 19.2. The Morgan fingerprint density at radius 1 is 0.750 bits per heavy atom. The van der Waals surface area contributed by atoms with Crippen LogP contribution >= 0.6 is 0 Å². The van der Waals surface area contributed by atoms with E-state index in [9.17, 15) is 22.0 Å². The Kier molecular flexibility index (Phi) is 3.58. The Morgan fingerprint density at radius 3 is 1.95 bits per heavy atom. The van der Waals surface area contributed by atoms with Crippen LogP contribution in [0.3, 0.4) is 0 Å². The van der Waals surface area contributed by atoms with Gasteiger partial charge in [0.2, 0.25) is 0 Å². The maximum Gasteiger partial charge on any atom is 0.143 e. The Labute approximate surface area is 113 Å². The van der Waals surface area contributed by atoms with Gasteiger partial charge in [0, 0.05) is 11.6 Å². The van der Waals surface area contributed by atoms with Crippen molar-refractivity contribution in [2.75, 3.05) is 0 Å². The van der Waals surface area contributed by atoms with Gasteiger partial charge in [0.15, 0.2) is 0 Å². The first-order chi connectivity index (χ1) is 9.25. The molecule has 0 heterocycles. The number of benzene rings is 2. The van der Waals surface area contributed by atoms with Gasteiger partial charge in [-0.3, -0.25) is 0 Å². The second kappa shape index (κ2) is 4.92. The second-order valence-corrected chi connectivity index (χ2v) is 4.67. The number of hydrogen-bond acceptors (Lipinski definition) is 0. The van der Waals surface area contributed by atoms with Gasteiger partial charge in [-0.15, -0.1) is 0 Å². The van der Waals surface area contributed by atoms with E-state index in [1.54, 1.807) is 0 Å². The van der Waals surface area contributed by atoms with Crippen molar-refractivity contribution < 1.29 is 22.0 Å². The van der Waals surface area contributed by atoms with Crippen LogP contribution in [0.1, 0.15) is 11.1 Å². The van der Waals surface area contributed by atoms with Gasteiger partial charge in [0.25, 0.3) is 0 Å². The molecule has 0 bridgehead atoms. The highest BCUT2D eigenvalue weighted by Gasteiger charge is 2.25. The average Bonchev–Trinajstić information content (AvgIpc) is 2.38. The minimum absolute atomic E-state index is 0.0553. The van der Waals surface area contributed by atoms with Gasteiger partial charge < -0.3 is 0 Å². The van der Waals surface area contributed by atoms with E-state index < -0.39 is 45.8 Å². The molecule has 0 N–H and O–H groups in total. The number of hydrogen-bond donors (Lipinski definition) is 0. The molecular weight excluding hydrogens is 274 g/mol. The largest absolute Gasteiger partial charge is 0.207 e. The van der Waals surface area contributed by atoms with Gasteiger partial charge in [-0.2, -0.15) is 0 Å². The van der Waals surface area contributed by atoms with Gasteiger partial charge in [-0.05, 0) is 19.4 Å². The molecule has 2 rings (SSSR count). The van der Waals surface area contributed by atoms with E-state index in [1.165, 1.54) is 20.8 Å². The molecule has 0 radical (unpaired) electrons. The molecule has 0 fully saturated rings. The fraction of sp³-hybridized carbons (Fsp3) is 0.143. The third-order valence-electron chi connectivity index (χ3n) is 3.21. The first kappa shape index (κ1) is 14.6. The van der Waals surface area contributed by atoms with Crippen molar-refractivity contribution in [1.29, 1.82) is 0 Å².